The van der Waals surface area contributed by atoms with Gasteiger partial charge in [-0.25, -0.2) is 0 Å². The molecule has 0 radical (unpaired) electrons. The van der Waals surface area contributed by atoms with Gasteiger partial charge in [-0.2, -0.15) is 13.2 Å². The maximum Gasteiger partial charge on any atom is 0.406 e. The Kier molecular flexibility index (Phi) is 2.87. The highest BCUT2D eigenvalue weighted by Gasteiger charge is 2.65. The van der Waals surface area contributed by atoms with Gasteiger partial charge in [0, 0.05) is 0 Å². The van der Waals surface area contributed by atoms with Crippen molar-refractivity contribution in [1.82, 2.24) is 5.32 Å². The Morgan fingerprint density at radius 2 is 1.79 bits per heavy atom. The van der Waals surface area contributed by atoms with Gasteiger partial charge in [0.25, 0.3) is 0 Å². The Hall–Kier alpha value is -0.250. The third kappa shape index (κ3) is 1.76. The fourth-order valence-electron chi connectivity index (χ4n) is 1.72. The molecule has 0 saturated heterocycles. The molecule has 1 nitrogen and oxygen atoms in total. The van der Waals surface area contributed by atoms with Gasteiger partial charge in [-0.1, -0.05) is 13.8 Å². The van der Waals surface area contributed by atoms with E-state index >= 15 is 0 Å². The van der Waals surface area contributed by atoms with Crippen molar-refractivity contribution in [2.24, 2.45) is 5.41 Å². The normalized spacial score (nSPS) is 24.4. The SMILES string of the molecule is CCCNC(C)(C(F)(F)F)C1(C)CC1. The topological polar surface area (TPSA) is 12.0 Å². The van der Waals surface area contributed by atoms with Gasteiger partial charge in [0.15, 0.2) is 0 Å². The Morgan fingerprint density at radius 1 is 1.29 bits per heavy atom. The van der Waals surface area contributed by atoms with Gasteiger partial charge in [-0.3, -0.25) is 0 Å². The quantitative estimate of drug-likeness (QED) is 0.750. The average molecular weight is 209 g/mol. The fraction of sp³-hybridized carbons (Fsp3) is 1.00. The molecule has 0 aromatic heterocycles. The minimum Gasteiger partial charge on any atom is -0.303 e. The summed E-state index contributed by atoms with van der Waals surface area (Å²) in [6.45, 7) is 5.30. The number of nitrogens with one attached hydrogen (secondary N) is 1. The van der Waals surface area contributed by atoms with E-state index in [1.807, 2.05) is 6.92 Å². The lowest BCUT2D eigenvalue weighted by atomic mass is 9.83. The van der Waals surface area contributed by atoms with Crippen molar-refractivity contribution >= 4 is 0 Å². The van der Waals surface area contributed by atoms with Gasteiger partial charge in [-0.15, -0.1) is 0 Å². The van der Waals surface area contributed by atoms with Crippen molar-refractivity contribution in [1.29, 1.82) is 0 Å². The molecular weight excluding hydrogens is 191 g/mol. The summed E-state index contributed by atoms with van der Waals surface area (Å²) in [5.41, 5.74) is -2.31. The van der Waals surface area contributed by atoms with E-state index in [2.05, 4.69) is 5.32 Å². The molecule has 0 bridgehead atoms. The summed E-state index contributed by atoms with van der Waals surface area (Å²) in [5.74, 6) is 0. The number of hydrogen-bond donors (Lipinski definition) is 1. The molecule has 0 aromatic carbocycles. The van der Waals surface area contributed by atoms with E-state index in [9.17, 15) is 13.2 Å². The van der Waals surface area contributed by atoms with Crippen LogP contribution in [-0.4, -0.2) is 18.3 Å². The van der Waals surface area contributed by atoms with E-state index in [1.54, 1.807) is 6.92 Å². The zero-order chi connectivity index (χ0) is 11.0. The van der Waals surface area contributed by atoms with Crippen LogP contribution in [0.3, 0.4) is 0 Å². The molecule has 0 heterocycles. The molecule has 1 aliphatic carbocycles. The minimum atomic E-state index is -4.16. The zero-order valence-electron chi connectivity index (χ0n) is 8.96. The van der Waals surface area contributed by atoms with Crippen molar-refractivity contribution in [3.05, 3.63) is 0 Å². The average Bonchev–Trinajstić information content (AvgIpc) is 2.78. The summed E-state index contributed by atoms with van der Waals surface area (Å²) in [6.07, 6.45) is -2.10. The highest BCUT2D eigenvalue weighted by atomic mass is 19.4. The maximum absolute atomic E-state index is 12.9. The Bertz CT molecular complexity index is 201. The second-order valence-electron chi connectivity index (χ2n) is 4.61. The molecule has 0 aromatic rings. The zero-order valence-corrected chi connectivity index (χ0v) is 8.96. The first kappa shape index (κ1) is 11.8. The highest BCUT2D eigenvalue weighted by molar-refractivity contribution is 5.11. The van der Waals surface area contributed by atoms with Crippen LogP contribution in [0.1, 0.15) is 40.0 Å². The van der Waals surface area contributed by atoms with Crippen LogP contribution in [0.5, 0.6) is 0 Å². The Balaban J connectivity index is 2.80. The highest BCUT2D eigenvalue weighted by Crippen LogP contribution is 2.58. The monoisotopic (exact) mass is 209 g/mol. The molecule has 1 saturated carbocycles. The van der Waals surface area contributed by atoms with Crippen LogP contribution >= 0.6 is 0 Å². The van der Waals surface area contributed by atoms with Gasteiger partial charge in [0.2, 0.25) is 0 Å². The molecule has 1 atom stereocenters. The summed E-state index contributed by atoms with van der Waals surface area (Å²) in [4.78, 5) is 0. The van der Waals surface area contributed by atoms with E-state index in [0.29, 0.717) is 19.4 Å². The van der Waals surface area contributed by atoms with Crippen LogP contribution in [0.2, 0.25) is 0 Å². The third-order valence-corrected chi connectivity index (χ3v) is 3.50. The fourth-order valence-corrected chi connectivity index (χ4v) is 1.72. The van der Waals surface area contributed by atoms with Crippen LogP contribution in [0.15, 0.2) is 0 Å². The van der Waals surface area contributed by atoms with Crippen molar-refractivity contribution in [3.63, 3.8) is 0 Å². The predicted molar refractivity (Wildman–Crippen MR) is 50.1 cm³/mol. The first-order chi connectivity index (χ1) is 6.27. The van der Waals surface area contributed by atoms with Crippen LogP contribution < -0.4 is 5.32 Å². The standard InChI is InChI=1S/C10H18F3N/c1-4-7-14-9(3,10(11,12)13)8(2)5-6-8/h14H,4-7H2,1-3H3. The second-order valence-corrected chi connectivity index (χ2v) is 4.61. The first-order valence-electron chi connectivity index (χ1n) is 5.08. The van der Waals surface area contributed by atoms with Gasteiger partial charge < -0.3 is 5.32 Å². The van der Waals surface area contributed by atoms with Crippen molar-refractivity contribution in [2.45, 2.75) is 51.7 Å². The minimum absolute atomic E-state index is 0.422. The van der Waals surface area contributed by atoms with Crippen LogP contribution in [0.4, 0.5) is 13.2 Å². The van der Waals surface area contributed by atoms with E-state index in [-0.39, 0.29) is 0 Å². The van der Waals surface area contributed by atoms with Crippen LogP contribution in [0, 0.1) is 5.41 Å². The summed E-state index contributed by atoms with van der Waals surface area (Å²) in [7, 11) is 0. The largest absolute Gasteiger partial charge is 0.406 e. The molecule has 4 heteroatoms. The molecule has 0 aliphatic heterocycles. The number of alkyl halides is 3. The summed E-state index contributed by atoms with van der Waals surface area (Å²) < 4.78 is 38.7. The predicted octanol–water partition coefficient (Wildman–Crippen LogP) is 3.11. The van der Waals surface area contributed by atoms with Gasteiger partial charge in [-0.05, 0) is 38.1 Å². The van der Waals surface area contributed by atoms with Crippen LogP contribution in [0.25, 0.3) is 0 Å². The Morgan fingerprint density at radius 3 is 2.07 bits per heavy atom. The first-order valence-corrected chi connectivity index (χ1v) is 5.08. The van der Waals surface area contributed by atoms with Gasteiger partial charge in [0.05, 0.1) is 0 Å². The van der Waals surface area contributed by atoms with Crippen molar-refractivity contribution in [3.8, 4) is 0 Å². The summed E-state index contributed by atoms with van der Waals surface area (Å²) in [6, 6.07) is 0. The molecule has 1 fully saturated rings. The van der Waals surface area contributed by atoms with E-state index in [4.69, 9.17) is 0 Å². The summed E-state index contributed by atoms with van der Waals surface area (Å²) >= 11 is 0. The van der Waals surface area contributed by atoms with Gasteiger partial charge in [0.1, 0.15) is 5.54 Å². The number of hydrogen-bond acceptors (Lipinski definition) is 1. The van der Waals surface area contributed by atoms with Gasteiger partial charge >= 0.3 is 6.18 Å². The van der Waals surface area contributed by atoms with Crippen molar-refractivity contribution in [2.75, 3.05) is 6.54 Å². The molecule has 0 amide bonds. The number of halogens is 3. The molecule has 1 rings (SSSR count). The molecular formula is C10H18F3N. The summed E-state index contributed by atoms with van der Waals surface area (Å²) in [5, 5.41) is 2.66. The lowest BCUT2D eigenvalue weighted by Gasteiger charge is -2.39. The maximum atomic E-state index is 12.9. The molecule has 0 spiro atoms. The van der Waals surface area contributed by atoms with Crippen molar-refractivity contribution < 1.29 is 13.2 Å². The van der Waals surface area contributed by atoms with Crippen LogP contribution in [-0.2, 0) is 0 Å². The molecule has 1 N–H and O–H groups in total. The smallest absolute Gasteiger partial charge is 0.303 e. The van der Waals surface area contributed by atoms with E-state index < -0.39 is 17.1 Å². The molecule has 1 unspecified atom stereocenters. The molecule has 14 heavy (non-hydrogen) atoms. The molecule has 1 aliphatic rings. The van der Waals surface area contributed by atoms with E-state index in [1.165, 1.54) is 6.92 Å². The lowest BCUT2D eigenvalue weighted by Crippen LogP contribution is -2.60. The second kappa shape index (κ2) is 3.40. The lowest BCUT2D eigenvalue weighted by molar-refractivity contribution is -0.210. The molecule has 84 valence electrons. The third-order valence-electron chi connectivity index (χ3n) is 3.50. The Labute approximate surface area is 83.1 Å². The number of rotatable bonds is 4. The van der Waals surface area contributed by atoms with E-state index in [0.717, 1.165) is 6.42 Å².